The molecular formula is C8H10N2O3. The molecule has 0 heterocycles. The van der Waals surface area contributed by atoms with Crippen LogP contribution in [-0.2, 0) is 0 Å². The molecule has 0 radical (unpaired) electrons. The van der Waals surface area contributed by atoms with Crippen LogP contribution in [0.5, 0.6) is 0 Å². The average molecular weight is 182 g/mol. The molecule has 0 fully saturated rings. The topological polar surface area (TPSA) is 89.4 Å². The Morgan fingerprint density at radius 3 is 2.85 bits per heavy atom. The Bertz CT molecular complexity index is 314. The summed E-state index contributed by atoms with van der Waals surface area (Å²) in [5.41, 5.74) is 5.64. The molecule has 0 aliphatic carbocycles. The zero-order valence-electron chi connectivity index (χ0n) is 6.88. The van der Waals surface area contributed by atoms with Gasteiger partial charge in [-0.2, -0.15) is 0 Å². The second-order valence-corrected chi connectivity index (χ2v) is 2.60. The molecule has 0 saturated heterocycles. The maximum absolute atomic E-state index is 10.4. The molecule has 1 atom stereocenters. The summed E-state index contributed by atoms with van der Waals surface area (Å²) in [5.74, 6) is 0. The van der Waals surface area contributed by atoms with Crippen molar-refractivity contribution in [2.24, 2.45) is 5.73 Å². The Morgan fingerprint density at radius 2 is 2.31 bits per heavy atom. The summed E-state index contributed by atoms with van der Waals surface area (Å²) < 4.78 is 0. The van der Waals surface area contributed by atoms with Crippen LogP contribution in [0.4, 0.5) is 5.69 Å². The minimum absolute atomic E-state index is 0.0370. The number of benzene rings is 1. The van der Waals surface area contributed by atoms with Gasteiger partial charge in [0.05, 0.1) is 11.0 Å². The van der Waals surface area contributed by atoms with Crippen molar-refractivity contribution >= 4 is 5.69 Å². The van der Waals surface area contributed by atoms with E-state index in [0.29, 0.717) is 5.56 Å². The van der Waals surface area contributed by atoms with Crippen LogP contribution in [0.2, 0.25) is 0 Å². The summed E-state index contributed by atoms with van der Waals surface area (Å²) in [5, 5.41) is 19.6. The predicted octanol–water partition coefficient (Wildman–Crippen LogP) is 0.587. The van der Waals surface area contributed by atoms with Gasteiger partial charge in [0.25, 0.3) is 5.69 Å². The van der Waals surface area contributed by atoms with Crippen LogP contribution >= 0.6 is 0 Å². The number of hydrogen-bond acceptors (Lipinski definition) is 4. The third-order valence-corrected chi connectivity index (χ3v) is 1.69. The van der Waals surface area contributed by atoms with Crippen LogP contribution in [0.1, 0.15) is 11.7 Å². The lowest BCUT2D eigenvalue weighted by Crippen LogP contribution is -2.11. The monoisotopic (exact) mass is 182 g/mol. The fourth-order valence-electron chi connectivity index (χ4n) is 0.982. The molecule has 13 heavy (non-hydrogen) atoms. The molecule has 0 aliphatic heterocycles. The van der Waals surface area contributed by atoms with E-state index in [4.69, 9.17) is 5.73 Å². The van der Waals surface area contributed by atoms with Crippen molar-refractivity contribution in [3.8, 4) is 0 Å². The quantitative estimate of drug-likeness (QED) is 0.528. The average Bonchev–Trinajstić information content (AvgIpc) is 2.17. The smallest absolute Gasteiger partial charge is 0.269 e. The van der Waals surface area contributed by atoms with Gasteiger partial charge < -0.3 is 10.8 Å². The molecule has 1 aromatic rings. The first-order valence-electron chi connectivity index (χ1n) is 3.77. The first kappa shape index (κ1) is 9.63. The maximum atomic E-state index is 10.4. The van der Waals surface area contributed by atoms with Gasteiger partial charge in [0, 0.05) is 18.7 Å². The van der Waals surface area contributed by atoms with Gasteiger partial charge in [-0.1, -0.05) is 12.1 Å². The Morgan fingerprint density at radius 1 is 1.62 bits per heavy atom. The third kappa shape index (κ3) is 2.24. The van der Waals surface area contributed by atoms with Crippen molar-refractivity contribution in [3.63, 3.8) is 0 Å². The zero-order valence-corrected chi connectivity index (χ0v) is 6.88. The van der Waals surface area contributed by atoms with Crippen molar-refractivity contribution < 1.29 is 10.0 Å². The molecule has 0 saturated carbocycles. The zero-order chi connectivity index (χ0) is 9.84. The first-order chi connectivity index (χ1) is 6.15. The number of nitro benzene ring substituents is 1. The molecule has 1 rings (SSSR count). The number of aliphatic hydroxyl groups is 1. The summed E-state index contributed by atoms with van der Waals surface area (Å²) >= 11 is 0. The summed E-state index contributed by atoms with van der Waals surface area (Å²) in [6.07, 6.45) is -0.833. The molecule has 70 valence electrons. The van der Waals surface area contributed by atoms with Gasteiger partial charge in [-0.15, -0.1) is 0 Å². The van der Waals surface area contributed by atoms with Crippen molar-refractivity contribution in [1.82, 2.24) is 0 Å². The molecule has 5 heteroatoms. The number of hydrogen-bond donors (Lipinski definition) is 2. The maximum Gasteiger partial charge on any atom is 0.269 e. The molecule has 5 nitrogen and oxygen atoms in total. The number of non-ortho nitro benzene ring substituents is 1. The normalized spacial score (nSPS) is 12.5. The highest BCUT2D eigenvalue weighted by molar-refractivity contribution is 5.35. The largest absolute Gasteiger partial charge is 0.387 e. The minimum Gasteiger partial charge on any atom is -0.387 e. The molecule has 0 aliphatic rings. The number of nitrogens with two attached hydrogens (primary N) is 1. The van der Waals surface area contributed by atoms with Crippen LogP contribution in [0.15, 0.2) is 24.3 Å². The van der Waals surface area contributed by atoms with E-state index in [2.05, 4.69) is 0 Å². The molecule has 0 bridgehead atoms. The highest BCUT2D eigenvalue weighted by atomic mass is 16.6. The summed E-state index contributed by atoms with van der Waals surface area (Å²) in [7, 11) is 0. The second-order valence-electron chi connectivity index (χ2n) is 2.60. The molecule has 0 aromatic heterocycles. The van der Waals surface area contributed by atoms with Crippen LogP contribution in [-0.4, -0.2) is 16.6 Å². The van der Waals surface area contributed by atoms with Crippen molar-refractivity contribution in [2.75, 3.05) is 6.54 Å². The van der Waals surface area contributed by atoms with E-state index in [1.165, 1.54) is 18.2 Å². The van der Waals surface area contributed by atoms with Gasteiger partial charge >= 0.3 is 0 Å². The van der Waals surface area contributed by atoms with Crippen LogP contribution in [0.3, 0.4) is 0 Å². The molecule has 0 amide bonds. The summed E-state index contributed by atoms with van der Waals surface area (Å²) in [6.45, 7) is 0.0567. The van der Waals surface area contributed by atoms with Crippen LogP contribution in [0, 0.1) is 10.1 Å². The first-order valence-corrected chi connectivity index (χ1v) is 3.77. The van der Waals surface area contributed by atoms with Gasteiger partial charge in [0.2, 0.25) is 0 Å². The van der Waals surface area contributed by atoms with Gasteiger partial charge in [-0.05, 0) is 5.56 Å². The Kier molecular flexibility index (Phi) is 2.94. The van der Waals surface area contributed by atoms with E-state index in [-0.39, 0.29) is 12.2 Å². The van der Waals surface area contributed by atoms with Crippen molar-refractivity contribution in [2.45, 2.75) is 6.10 Å². The van der Waals surface area contributed by atoms with Gasteiger partial charge in [0.15, 0.2) is 0 Å². The fourth-order valence-corrected chi connectivity index (χ4v) is 0.982. The molecule has 0 spiro atoms. The van der Waals surface area contributed by atoms with Crippen molar-refractivity contribution in [3.05, 3.63) is 39.9 Å². The van der Waals surface area contributed by atoms with E-state index in [1.807, 2.05) is 0 Å². The highest BCUT2D eigenvalue weighted by Gasteiger charge is 2.10. The van der Waals surface area contributed by atoms with E-state index in [9.17, 15) is 15.2 Å². The number of aliphatic hydroxyl groups excluding tert-OH is 1. The van der Waals surface area contributed by atoms with Gasteiger partial charge in [-0.25, -0.2) is 0 Å². The summed E-state index contributed by atoms with van der Waals surface area (Å²) in [6, 6.07) is 5.81. The number of nitrogens with zero attached hydrogens (tertiary/aromatic N) is 1. The lowest BCUT2D eigenvalue weighted by atomic mass is 10.1. The van der Waals surface area contributed by atoms with E-state index in [0.717, 1.165) is 0 Å². The van der Waals surface area contributed by atoms with Crippen molar-refractivity contribution in [1.29, 1.82) is 0 Å². The van der Waals surface area contributed by atoms with Crippen LogP contribution in [0.25, 0.3) is 0 Å². The number of rotatable bonds is 3. The standard InChI is InChI=1S/C8H10N2O3/c9-5-8(11)6-2-1-3-7(4-6)10(12)13/h1-4,8,11H,5,9H2/t8-/m0/s1. The van der Waals surface area contributed by atoms with Gasteiger partial charge in [0.1, 0.15) is 0 Å². The Hall–Kier alpha value is -1.46. The number of nitro groups is 1. The SMILES string of the molecule is NC[C@H](O)c1cccc([N+](=O)[O-])c1. The molecule has 1 aromatic carbocycles. The highest BCUT2D eigenvalue weighted by Crippen LogP contribution is 2.17. The lowest BCUT2D eigenvalue weighted by molar-refractivity contribution is -0.385. The third-order valence-electron chi connectivity index (χ3n) is 1.69. The Balaban J connectivity index is 2.98. The molecule has 0 unspecified atom stereocenters. The fraction of sp³-hybridized carbons (Fsp3) is 0.250. The predicted molar refractivity (Wildman–Crippen MR) is 47.1 cm³/mol. The lowest BCUT2D eigenvalue weighted by Gasteiger charge is -2.06. The van der Waals surface area contributed by atoms with E-state index >= 15 is 0 Å². The van der Waals surface area contributed by atoms with E-state index in [1.54, 1.807) is 6.07 Å². The minimum atomic E-state index is -0.833. The molecular weight excluding hydrogens is 172 g/mol. The molecule has 3 N–H and O–H groups in total. The Labute approximate surface area is 74.9 Å². The van der Waals surface area contributed by atoms with E-state index < -0.39 is 11.0 Å². The van der Waals surface area contributed by atoms with Crippen LogP contribution < -0.4 is 5.73 Å². The second kappa shape index (κ2) is 3.97. The van der Waals surface area contributed by atoms with Gasteiger partial charge in [-0.3, -0.25) is 10.1 Å². The summed E-state index contributed by atoms with van der Waals surface area (Å²) in [4.78, 5) is 9.85.